The van der Waals surface area contributed by atoms with Crippen molar-refractivity contribution in [2.45, 2.75) is 25.8 Å². The molecule has 0 bridgehead atoms. The fourth-order valence-electron chi connectivity index (χ4n) is 4.63. The third kappa shape index (κ3) is 3.96. The van der Waals surface area contributed by atoms with Crippen LogP contribution in [0.3, 0.4) is 0 Å². The minimum atomic E-state index is -0.328. The Hall–Kier alpha value is -3.93. The van der Waals surface area contributed by atoms with E-state index in [1.54, 1.807) is 55.0 Å². The summed E-state index contributed by atoms with van der Waals surface area (Å²) in [5.74, 6) is 0.265. The summed E-state index contributed by atoms with van der Waals surface area (Å²) < 4.78 is 20.8. The van der Waals surface area contributed by atoms with Crippen molar-refractivity contribution in [2.75, 3.05) is 7.11 Å². The van der Waals surface area contributed by atoms with Crippen molar-refractivity contribution in [1.29, 1.82) is 0 Å². The topological polar surface area (TPSA) is 60.3 Å². The molecule has 4 aromatic rings. The molecular weight excluding hydrogens is 431 g/mol. The number of hydrogen-bond acceptors (Lipinski definition) is 3. The van der Waals surface area contributed by atoms with Crippen molar-refractivity contribution in [2.24, 2.45) is 5.92 Å². The van der Waals surface area contributed by atoms with Crippen LogP contribution < -0.4 is 15.6 Å². The van der Waals surface area contributed by atoms with E-state index >= 15 is 0 Å². The van der Waals surface area contributed by atoms with Crippen molar-refractivity contribution in [1.82, 2.24) is 9.88 Å². The maximum Gasteiger partial charge on any atom is 0.263 e. The van der Waals surface area contributed by atoms with Crippen molar-refractivity contribution in [3.8, 4) is 11.4 Å². The van der Waals surface area contributed by atoms with Gasteiger partial charge in [0, 0.05) is 22.5 Å². The Morgan fingerprint density at radius 2 is 1.76 bits per heavy atom. The minimum absolute atomic E-state index is 0.207. The van der Waals surface area contributed by atoms with Crippen LogP contribution in [0.15, 0.2) is 77.6 Å². The van der Waals surface area contributed by atoms with Gasteiger partial charge in [0.25, 0.3) is 11.5 Å². The average molecular weight is 457 g/mol. The summed E-state index contributed by atoms with van der Waals surface area (Å²) in [7, 11) is 1.57. The quantitative estimate of drug-likeness (QED) is 0.427. The lowest BCUT2D eigenvalue weighted by atomic mass is 9.99. The van der Waals surface area contributed by atoms with Gasteiger partial charge >= 0.3 is 0 Å². The summed E-state index contributed by atoms with van der Waals surface area (Å²) in [6.07, 6.45) is 1.95. The van der Waals surface area contributed by atoms with Crippen LogP contribution in [0, 0.1) is 18.7 Å². The lowest BCUT2D eigenvalue weighted by molar-refractivity contribution is 0.0932. The van der Waals surface area contributed by atoms with Crippen LogP contribution in [0.1, 0.15) is 40.5 Å². The van der Waals surface area contributed by atoms with Crippen molar-refractivity contribution < 1.29 is 13.9 Å². The third-order valence-electron chi connectivity index (χ3n) is 6.45. The van der Waals surface area contributed by atoms with Gasteiger partial charge < -0.3 is 10.1 Å². The second kappa shape index (κ2) is 8.78. The van der Waals surface area contributed by atoms with E-state index in [0.29, 0.717) is 33.5 Å². The highest BCUT2D eigenvalue weighted by Gasteiger charge is 2.34. The van der Waals surface area contributed by atoms with E-state index < -0.39 is 0 Å². The summed E-state index contributed by atoms with van der Waals surface area (Å²) in [5, 5.41) is 4.19. The van der Waals surface area contributed by atoms with Crippen LogP contribution in [0.2, 0.25) is 0 Å². The molecule has 1 saturated carbocycles. The largest absolute Gasteiger partial charge is 0.497 e. The number of pyridine rings is 1. The monoisotopic (exact) mass is 456 g/mol. The first kappa shape index (κ1) is 21.9. The summed E-state index contributed by atoms with van der Waals surface area (Å²) in [6.45, 7) is 1.77. The standard InChI is InChI=1S/C28H25FN2O3/c1-17-25(27(32)30-26(18-13-14-18)19-7-5-8-20(29)15-19)23-11-3-4-12-24(23)28(33)31(17)21-9-6-10-22(16-21)34-2/h3-12,15-16,18,26H,13-14H2,1-2H3,(H,30,32)/t26-/m0/s1. The molecule has 34 heavy (non-hydrogen) atoms. The smallest absolute Gasteiger partial charge is 0.263 e. The molecule has 5 rings (SSSR count). The SMILES string of the molecule is COc1cccc(-n2c(C)c(C(=O)N[C@H](c3cccc(F)c3)C3CC3)c3ccccc3c2=O)c1. The van der Waals surface area contributed by atoms with Gasteiger partial charge in [-0.15, -0.1) is 0 Å². The molecule has 0 radical (unpaired) electrons. The Kier molecular flexibility index (Phi) is 5.65. The van der Waals surface area contributed by atoms with Gasteiger partial charge in [0.1, 0.15) is 11.6 Å². The second-order valence-electron chi connectivity index (χ2n) is 8.69. The molecule has 0 aliphatic heterocycles. The highest BCUT2D eigenvalue weighted by atomic mass is 19.1. The molecule has 0 saturated heterocycles. The van der Waals surface area contributed by atoms with Crippen LogP contribution >= 0.6 is 0 Å². The highest BCUT2D eigenvalue weighted by molar-refractivity contribution is 6.08. The van der Waals surface area contributed by atoms with E-state index in [1.807, 2.05) is 24.3 Å². The van der Waals surface area contributed by atoms with Gasteiger partial charge in [0.05, 0.1) is 24.4 Å². The number of fused-ring (bicyclic) bond motifs is 1. The number of ether oxygens (including phenoxy) is 1. The van der Waals surface area contributed by atoms with Crippen LogP contribution in [0.25, 0.3) is 16.5 Å². The molecule has 1 N–H and O–H groups in total. The molecule has 1 amide bonds. The maximum atomic E-state index is 13.9. The van der Waals surface area contributed by atoms with Crippen LogP contribution in [-0.2, 0) is 0 Å². The van der Waals surface area contributed by atoms with Crippen molar-refractivity contribution >= 4 is 16.7 Å². The van der Waals surface area contributed by atoms with Crippen LogP contribution in [0.5, 0.6) is 5.75 Å². The number of amides is 1. The maximum absolute atomic E-state index is 13.9. The Labute approximate surface area is 196 Å². The highest BCUT2D eigenvalue weighted by Crippen LogP contribution is 2.41. The van der Waals surface area contributed by atoms with Gasteiger partial charge in [-0.05, 0) is 61.6 Å². The zero-order valence-corrected chi connectivity index (χ0v) is 19.0. The minimum Gasteiger partial charge on any atom is -0.497 e. The van der Waals surface area contributed by atoms with Crippen molar-refractivity contribution in [3.05, 3.63) is 106 Å². The summed E-state index contributed by atoms with van der Waals surface area (Å²) in [5.41, 5.74) is 2.12. The normalized spacial score (nSPS) is 14.1. The van der Waals surface area contributed by atoms with Crippen LogP contribution in [-0.4, -0.2) is 17.6 Å². The number of carbonyl (C=O) groups excluding carboxylic acids is 1. The van der Waals surface area contributed by atoms with E-state index in [1.165, 1.54) is 12.1 Å². The Morgan fingerprint density at radius 3 is 2.47 bits per heavy atom. The molecule has 1 atom stereocenters. The Balaban J connectivity index is 1.65. The van der Waals surface area contributed by atoms with E-state index in [-0.39, 0.29) is 29.2 Å². The molecule has 3 aromatic carbocycles. The lowest BCUT2D eigenvalue weighted by Gasteiger charge is -2.22. The third-order valence-corrected chi connectivity index (χ3v) is 6.45. The molecule has 1 heterocycles. The van der Waals surface area contributed by atoms with Gasteiger partial charge in [0.2, 0.25) is 0 Å². The Bertz CT molecular complexity index is 1460. The Morgan fingerprint density at radius 1 is 1.03 bits per heavy atom. The van der Waals surface area contributed by atoms with E-state index in [4.69, 9.17) is 4.74 Å². The van der Waals surface area contributed by atoms with E-state index in [2.05, 4.69) is 5.32 Å². The number of rotatable bonds is 6. The number of nitrogens with one attached hydrogen (secondary N) is 1. The van der Waals surface area contributed by atoms with Crippen molar-refractivity contribution in [3.63, 3.8) is 0 Å². The molecule has 1 aliphatic rings. The first-order valence-corrected chi connectivity index (χ1v) is 11.3. The van der Waals surface area contributed by atoms with Gasteiger partial charge in [-0.3, -0.25) is 14.2 Å². The number of benzene rings is 3. The average Bonchev–Trinajstić information content (AvgIpc) is 3.68. The predicted molar refractivity (Wildman–Crippen MR) is 130 cm³/mol. The van der Waals surface area contributed by atoms with E-state index in [9.17, 15) is 14.0 Å². The zero-order chi connectivity index (χ0) is 23.8. The predicted octanol–water partition coefficient (Wildman–Crippen LogP) is 5.33. The zero-order valence-electron chi connectivity index (χ0n) is 19.0. The molecular formula is C28H25FN2O3. The van der Waals surface area contributed by atoms with Gasteiger partial charge in [-0.1, -0.05) is 36.4 Å². The number of hydrogen-bond donors (Lipinski definition) is 1. The second-order valence-corrected chi connectivity index (χ2v) is 8.69. The molecule has 1 aromatic heterocycles. The van der Waals surface area contributed by atoms with Crippen LogP contribution in [0.4, 0.5) is 4.39 Å². The number of aromatic nitrogens is 1. The number of nitrogens with zero attached hydrogens (tertiary/aromatic N) is 1. The van der Waals surface area contributed by atoms with Gasteiger partial charge in [0.15, 0.2) is 0 Å². The summed E-state index contributed by atoms with van der Waals surface area (Å²) in [6, 6.07) is 20.4. The molecule has 6 heteroatoms. The van der Waals surface area contributed by atoms with E-state index in [0.717, 1.165) is 18.4 Å². The first-order chi connectivity index (χ1) is 16.5. The molecule has 0 unspecified atom stereocenters. The molecule has 5 nitrogen and oxygen atoms in total. The number of methoxy groups -OCH3 is 1. The number of halogens is 1. The van der Waals surface area contributed by atoms with Gasteiger partial charge in [-0.2, -0.15) is 0 Å². The fraction of sp³-hybridized carbons (Fsp3) is 0.214. The first-order valence-electron chi connectivity index (χ1n) is 11.3. The summed E-state index contributed by atoms with van der Waals surface area (Å²) >= 11 is 0. The molecule has 1 aliphatic carbocycles. The number of carbonyl (C=O) groups is 1. The molecule has 0 spiro atoms. The molecule has 172 valence electrons. The summed E-state index contributed by atoms with van der Waals surface area (Å²) in [4.78, 5) is 27.2. The lowest BCUT2D eigenvalue weighted by Crippen LogP contribution is -2.33. The fourth-order valence-corrected chi connectivity index (χ4v) is 4.63. The molecule has 1 fully saturated rings. The van der Waals surface area contributed by atoms with Gasteiger partial charge in [-0.25, -0.2) is 4.39 Å².